The van der Waals surface area contributed by atoms with E-state index in [1.807, 2.05) is 0 Å². The van der Waals surface area contributed by atoms with Crippen LogP contribution < -0.4 is 0 Å². The number of hydrogen-bond donors (Lipinski definition) is 1. The van der Waals surface area contributed by atoms with Gasteiger partial charge < -0.3 is 5.11 Å². The maximum atomic E-state index is 13.3. The highest BCUT2D eigenvalue weighted by Gasteiger charge is 2.93. The third-order valence-corrected chi connectivity index (χ3v) is 4.57. The van der Waals surface area contributed by atoms with Crippen LogP contribution in [0.5, 0.6) is 0 Å². The summed E-state index contributed by atoms with van der Waals surface area (Å²) in [6.45, 7) is -3.65. The molecule has 30 heteroatoms. The Hall–Kier alpha value is -2.01. The molecule has 0 aromatic carbocycles. The van der Waals surface area contributed by atoms with Gasteiger partial charge in [0.15, 0.2) is 0 Å². The number of halogens is 27. The second-order valence-electron chi connectivity index (χ2n) is 7.65. The first-order valence-corrected chi connectivity index (χ1v) is 9.09. The Bertz CT molecular complexity index is 1020. The van der Waals surface area contributed by atoms with E-state index >= 15 is 0 Å². The molecule has 0 unspecified atom stereocenters. The first kappa shape index (κ1) is 42.0. The average Bonchev–Trinajstić information content (AvgIpc) is 2.75. The first-order chi connectivity index (χ1) is 18.5. The molecule has 0 aliphatic rings. The summed E-state index contributed by atoms with van der Waals surface area (Å²) in [7, 11) is 0. The summed E-state index contributed by atoms with van der Waals surface area (Å²) >= 11 is 0. The van der Waals surface area contributed by atoms with Gasteiger partial charge in [0.2, 0.25) is 0 Å². The number of ether oxygens (including phenoxy) is 2. The summed E-state index contributed by atoms with van der Waals surface area (Å²) in [6.07, 6.45) is -42.5. The molecule has 0 saturated carbocycles. The van der Waals surface area contributed by atoms with Gasteiger partial charge in [-0.15, -0.1) is 0 Å². The molecule has 1 N–H and O–H groups in total. The van der Waals surface area contributed by atoms with Gasteiger partial charge in [-0.05, 0) is 0 Å². The van der Waals surface area contributed by atoms with Crippen molar-refractivity contribution in [3.05, 3.63) is 0 Å². The van der Waals surface area contributed by atoms with Gasteiger partial charge in [-0.2, -0.15) is 119 Å². The van der Waals surface area contributed by atoms with E-state index in [0.717, 1.165) is 9.47 Å². The van der Waals surface area contributed by atoms with Crippen molar-refractivity contribution in [3.63, 3.8) is 0 Å². The Morgan fingerprint density at radius 1 is 0.295 bits per heavy atom. The second kappa shape index (κ2) is 10.5. The molecule has 0 bridgehead atoms. The van der Waals surface area contributed by atoms with Crippen molar-refractivity contribution in [1.29, 1.82) is 0 Å². The molecule has 0 atom stereocenters. The fourth-order valence-electron chi connectivity index (χ4n) is 2.03. The molecule has 44 heavy (non-hydrogen) atoms. The summed E-state index contributed by atoms with van der Waals surface area (Å²) in [5.74, 6) is -67.8. The minimum Gasteiger partial charge on any atom is -0.390 e. The number of alkyl halides is 27. The van der Waals surface area contributed by atoms with Crippen LogP contribution in [0.3, 0.4) is 0 Å². The van der Waals surface area contributed by atoms with Gasteiger partial charge in [-0.3, -0.25) is 0 Å². The van der Waals surface area contributed by atoms with Gasteiger partial charge in [0, 0.05) is 0 Å². The molecule has 0 fully saturated rings. The molecule has 0 aliphatic heterocycles. The van der Waals surface area contributed by atoms with Crippen LogP contribution >= 0.6 is 0 Å². The Morgan fingerprint density at radius 2 is 0.523 bits per heavy atom. The maximum absolute atomic E-state index is 13.3. The number of aliphatic hydroxyl groups is 1. The molecular formula is C14H3F27O3. The molecule has 0 spiro atoms. The summed E-state index contributed by atoms with van der Waals surface area (Å²) < 4.78 is 353. The predicted octanol–water partition coefficient (Wildman–Crippen LogP) is 8.03. The van der Waals surface area contributed by atoms with Crippen LogP contribution in [-0.4, -0.2) is 89.7 Å². The van der Waals surface area contributed by atoms with Gasteiger partial charge in [-0.25, -0.2) is 9.47 Å². The third kappa shape index (κ3) is 5.73. The molecule has 0 heterocycles. The topological polar surface area (TPSA) is 38.7 Å². The molecule has 0 rings (SSSR count). The average molecular weight is 732 g/mol. The van der Waals surface area contributed by atoms with Crippen LogP contribution in [0.1, 0.15) is 0 Å². The molecule has 0 amide bonds. The van der Waals surface area contributed by atoms with Crippen molar-refractivity contribution in [2.45, 2.75) is 78.0 Å². The molecule has 0 aromatic rings. The highest BCUT2D eigenvalue weighted by molar-refractivity contribution is 5.09. The number of rotatable bonds is 14. The standard InChI is InChI=1S/C14H3F27O3/c15-2(16,1-42)3(17,18)4(19,20)8(27,28)11(34,35)43-13(38,39)14(40,41)44-12(36,37)9(29,30)6(23,24)5(21,22)7(25,26)10(31,32)33/h42H,1H2. The molecule has 0 radical (unpaired) electrons. The molecule has 266 valence electrons. The zero-order valence-electron chi connectivity index (χ0n) is 18.7. The van der Waals surface area contributed by atoms with E-state index < -0.39 is 84.6 Å². The molecular weight excluding hydrogens is 729 g/mol. The lowest BCUT2D eigenvalue weighted by molar-refractivity contribution is -0.559. The largest absolute Gasteiger partial charge is 0.460 e. The SMILES string of the molecule is OCC(F)(F)C(F)(F)C(F)(F)C(F)(F)C(F)(F)OC(F)(F)C(F)(F)OC(F)(F)C(F)(F)C(F)(F)C(F)(F)C(F)(F)C(F)(F)F. The van der Waals surface area contributed by atoms with Crippen LogP contribution in [0.25, 0.3) is 0 Å². The smallest absolute Gasteiger partial charge is 0.390 e. The van der Waals surface area contributed by atoms with Crippen LogP contribution in [0.15, 0.2) is 0 Å². The summed E-state index contributed by atoms with van der Waals surface area (Å²) in [5, 5.41) is 7.83. The lowest BCUT2D eigenvalue weighted by Crippen LogP contribution is -2.71. The molecule has 3 nitrogen and oxygen atoms in total. The molecule has 0 aliphatic carbocycles. The van der Waals surface area contributed by atoms with Gasteiger partial charge in [0.25, 0.3) is 0 Å². The van der Waals surface area contributed by atoms with E-state index in [1.165, 1.54) is 0 Å². The van der Waals surface area contributed by atoms with Gasteiger partial charge >= 0.3 is 78.0 Å². The van der Waals surface area contributed by atoms with Gasteiger partial charge in [0.05, 0.1) is 0 Å². The number of hydrogen-bond acceptors (Lipinski definition) is 3. The predicted molar refractivity (Wildman–Crippen MR) is 74.7 cm³/mol. The van der Waals surface area contributed by atoms with Crippen LogP contribution in [0.4, 0.5) is 119 Å². The summed E-state index contributed by atoms with van der Waals surface area (Å²) in [5.41, 5.74) is 0. The Morgan fingerprint density at radius 3 is 0.750 bits per heavy atom. The van der Waals surface area contributed by atoms with Crippen molar-refractivity contribution < 1.29 is 133 Å². The Labute approximate surface area is 219 Å². The van der Waals surface area contributed by atoms with Crippen molar-refractivity contribution in [2.24, 2.45) is 0 Å². The van der Waals surface area contributed by atoms with E-state index in [0.29, 0.717) is 0 Å². The van der Waals surface area contributed by atoms with Gasteiger partial charge in [-0.1, -0.05) is 0 Å². The van der Waals surface area contributed by atoms with E-state index in [4.69, 9.17) is 5.11 Å². The zero-order valence-corrected chi connectivity index (χ0v) is 18.7. The van der Waals surface area contributed by atoms with E-state index in [-0.39, 0.29) is 0 Å². The second-order valence-corrected chi connectivity index (χ2v) is 7.65. The highest BCUT2D eigenvalue weighted by Crippen LogP contribution is 2.62. The van der Waals surface area contributed by atoms with E-state index in [9.17, 15) is 119 Å². The maximum Gasteiger partial charge on any atom is 0.460 e. The summed E-state index contributed by atoms with van der Waals surface area (Å²) in [6, 6.07) is 0. The van der Waals surface area contributed by atoms with Gasteiger partial charge in [0.1, 0.15) is 6.61 Å². The number of aliphatic hydroxyl groups excluding tert-OH is 1. The minimum atomic E-state index is -9.07. The van der Waals surface area contributed by atoms with Crippen molar-refractivity contribution >= 4 is 0 Å². The van der Waals surface area contributed by atoms with E-state index in [1.54, 1.807) is 0 Å². The van der Waals surface area contributed by atoms with Crippen molar-refractivity contribution in [1.82, 2.24) is 0 Å². The van der Waals surface area contributed by atoms with Crippen LogP contribution in [0.2, 0.25) is 0 Å². The fraction of sp³-hybridized carbons (Fsp3) is 1.00. The Kier molecular flexibility index (Phi) is 10.0. The zero-order chi connectivity index (χ0) is 36.6. The van der Waals surface area contributed by atoms with E-state index in [2.05, 4.69) is 0 Å². The van der Waals surface area contributed by atoms with Crippen LogP contribution in [-0.2, 0) is 9.47 Å². The molecule has 0 saturated heterocycles. The lowest BCUT2D eigenvalue weighted by Gasteiger charge is -2.41. The first-order valence-electron chi connectivity index (χ1n) is 9.09. The quantitative estimate of drug-likeness (QED) is 0.184. The minimum absolute atomic E-state index is 0.820. The lowest BCUT2D eigenvalue weighted by atomic mass is 9.97. The molecule has 0 aromatic heterocycles. The summed E-state index contributed by atoms with van der Waals surface area (Å²) in [4.78, 5) is 0. The highest BCUT2D eigenvalue weighted by atomic mass is 19.4. The van der Waals surface area contributed by atoms with Crippen molar-refractivity contribution in [2.75, 3.05) is 6.61 Å². The van der Waals surface area contributed by atoms with Crippen molar-refractivity contribution in [3.8, 4) is 0 Å². The fourth-order valence-corrected chi connectivity index (χ4v) is 2.03. The Balaban J connectivity index is 6.77. The monoisotopic (exact) mass is 732 g/mol. The third-order valence-electron chi connectivity index (χ3n) is 4.57. The normalized spacial score (nSPS) is 16.9. The van der Waals surface area contributed by atoms with Crippen LogP contribution in [0, 0.1) is 0 Å².